The summed E-state index contributed by atoms with van der Waals surface area (Å²) in [6.07, 6.45) is 4.21. The van der Waals surface area contributed by atoms with Crippen molar-refractivity contribution in [3.8, 4) is 5.75 Å². The molecule has 0 spiro atoms. The Morgan fingerprint density at radius 2 is 2.22 bits per heavy atom. The lowest BCUT2D eigenvalue weighted by atomic mass is 9.73. The lowest BCUT2D eigenvalue weighted by molar-refractivity contribution is -0.00653. The fraction of sp³-hybridized carbons (Fsp3) is 0.524. The smallest absolute Gasteiger partial charge is 0.315 e. The number of rotatable bonds is 4. The van der Waals surface area contributed by atoms with Gasteiger partial charge in [0.25, 0.3) is 0 Å². The van der Waals surface area contributed by atoms with Crippen LogP contribution in [-0.2, 0) is 0 Å². The molecule has 3 aliphatic rings. The van der Waals surface area contributed by atoms with Crippen LogP contribution in [-0.4, -0.2) is 49.2 Å². The Morgan fingerprint density at radius 1 is 1.37 bits per heavy atom. The Bertz CT molecular complexity index is 840. The van der Waals surface area contributed by atoms with Gasteiger partial charge in [0.1, 0.15) is 5.75 Å². The summed E-state index contributed by atoms with van der Waals surface area (Å²) in [4.78, 5) is 19.3. The standard InChI is InChI=1S/C21H28N4O2/c1-13-12-25-9-7-14(13)10-19(25)20(24-21(26)22-2)16-6-8-23-18-5-4-15(27-3)11-17(16)18/h4-6,8,11,13-14,19-20H,7,9-10,12H2,1-3H3,(H2,22,24,26)/t13?,14?,19?,20-/m0/s1. The predicted molar refractivity (Wildman–Crippen MR) is 106 cm³/mol. The Hall–Kier alpha value is -2.34. The van der Waals surface area contributed by atoms with E-state index in [0.717, 1.165) is 53.6 Å². The summed E-state index contributed by atoms with van der Waals surface area (Å²) in [5.41, 5.74) is 2.02. The number of aromatic nitrogens is 1. The van der Waals surface area contributed by atoms with Crippen LogP contribution in [0.2, 0.25) is 0 Å². The van der Waals surface area contributed by atoms with Crippen LogP contribution in [0.1, 0.15) is 31.4 Å². The Balaban J connectivity index is 1.77. The zero-order chi connectivity index (χ0) is 19.0. The van der Waals surface area contributed by atoms with Gasteiger partial charge < -0.3 is 15.4 Å². The molecular formula is C21H28N4O2. The van der Waals surface area contributed by atoms with E-state index in [2.05, 4.69) is 27.4 Å². The van der Waals surface area contributed by atoms with E-state index in [1.165, 1.54) is 6.42 Å². The molecule has 1 aromatic carbocycles. The molecule has 144 valence electrons. The SMILES string of the molecule is CNC(=O)N[C@@H](c1ccnc2ccc(OC)cc12)C1CC2CCN1CC2C. The van der Waals surface area contributed by atoms with Gasteiger partial charge in [0.15, 0.2) is 0 Å². The Labute approximate surface area is 160 Å². The van der Waals surface area contributed by atoms with Gasteiger partial charge in [-0.25, -0.2) is 4.79 Å². The average molecular weight is 368 g/mol. The van der Waals surface area contributed by atoms with Crippen LogP contribution in [0.25, 0.3) is 10.9 Å². The number of fused-ring (bicyclic) bond motifs is 4. The number of piperidine rings is 3. The summed E-state index contributed by atoms with van der Waals surface area (Å²) in [5, 5.41) is 6.98. The third-order valence-corrected chi connectivity index (χ3v) is 6.34. The van der Waals surface area contributed by atoms with E-state index in [0.29, 0.717) is 6.04 Å². The molecule has 6 nitrogen and oxygen atoms in total. The maximum atomic E-state index is 12.3. The van der Waals surface area contributed by atoms with Gasteiger partial charge in [0.2, 0.25) is 0 Å². The molecule has 2 bridgehead atoms. The number of ether oxygens (including phenoxy) is 1. The van der Waals surface area contributed by atoms with Gasteiger partial charge >= 0.3 is 6.03 Å². The number of carbonyl (C=O) groups is 1. The molecular weight excluding hydrogens is 340 g/mol. The summed E-state index contributed by atoms with van der Waals surface area (Å²) >= 11 is 0. The first-order valence-electron chi connectivity index (χ1n) is 9.75. The maximum absolute atomic E-state index is 12.3. The second-order valence-electron chi connectivity index (χ2n) is 7.81. The summed E-state index contributed by atoms with van der Waals surface area (Å²) in [6, 6.07) is 8.03. The van der Waals surface area contributed by atoms with Crippen molar-refractivity contribution in [1.29, 1.82) is 0 Å². The van der Waals surface area contributed by atoms with Gasteiger partial charge in [0, 0.05) is 31.2 Å². The second kappa shape index (κ2) is 7.35. The number of nitrogens with one attached hydrogen (secondary N) is 2. The molecule has 2 N–H and O–H groups in total. The maximum Gasteiger partial charge on any atom is 0.315 e. The number of urea groups is 1. The highest BCUT2D eigenvalue weighted by molar-refractivity contribution is 5.85. The first kappa shape index (κ1) is 18.0. The van der Waals surface area contributed by atoms with Crippen molar-refractivity contribution >= 4 is 16.9 Å². The molecule has 3 saturated heterocycles. The minimum atomic E-state index is -0.149. The fourth-order valence-corrected chi connectivity index (χ4v) is 4.82. The van der Waals surface area contributed by atoms with E-state index >= 15 is 0 Å². The van der Waals surface area contributed by atoms with Crippen LogP contribution in [0.3, 0.4) is 0 Å². The predicted octanol–water partition coefficient (Wildman–Crippen LogP) is 2.94. The van der Waals surface area contributed by atoms with E-state index in [9.17, 15) is 4.79 Å². The molecule has 6 heteroatoms. The molecule has 1 aromatic heterocycles. The van der Waals surface area contributed by atoms with Crippen molar-refractivity contribution in [3.05, 3.63) is 36.0 Å². The molecule has 27 heavy (non-hydrogen) atoms. The molecule has 5 atom stereocenters. The van der Waals surface area contributed by atoms with Crippen LogP contribution in [0.4, 0.5) is 4.79 Å². The summed E-state index contributed by atoms with van der Waals surface area (Å²) < 4.78 is 5.43. The summed E-state index contributed by atoms with van der Waals surface area (Å²) in [5.74, 6) is 2.26. The highest BCUT2D eigenvalue weighted by atomic mass is 16.5. The molecule has 0 saturated carbocycles. The molecule has 3 aliphatic heterocycles. The van der Waals surface area contributed by atoms with E-state index in [1.54, 1.807) is 14.2 Å². The molecule has 0 radical (unpaired) electrons. The first-order chi connectivity index (χ1) is 13.1. The number of nitrogens with zero attached hydrogens (tertiary/aromatic N) is 2. The van der Waals surface area contributed by atoms with E-state index in [1.807, 2.05) is 30.5 Å². The summed E-state index contributed by atoms with van der Waals surface area (Å²) in [7, 11) is 3.33. The van der Waals surface area contributed by atoms with Gasteiger partial charge in [-0.1, -0.05) is 6.92 Å². The van der Waals surface area contributed by atoms with E-state index in [4.69, 9.17) is 4.74 Å². The number of carbonyl (C=O) groups excluding carboxylic acids is 1. The molecule has 0 aliphatic carbocycles. The molecule has 4 heterocycles. The topological polar surface area (TPSA) is 66.5 Å². The van der Waals surface area contributed by atoms with Crippen LogP contribution in [0, 0.1) is 11.8 Å². The second-order valence-corrected chi connectivity index (χ2v) is 7.81. The van der Waals surface area contributed by atoms with Crippen LogP contribution in [0.5, 0.6) is 5.75 Å². The van der Waals surface area contributed by atoms with Crippen molar-refractivity contribution in [1.82, 2.24) is 20.5 Å². The van der Waals surface area contributed by atoms with Gasteiger partial charge in [-0.3, -0.25) is 9.88 Å². The van der Waals surface area contributed by atoms with Crippen molar-refractivity contribution in [3.63, 3.8) is 0 Å². The molecule has 4 unspecified atom stereocenters. The zero-order valence-corrected chi connectivity index (χ0v) is 16.2. The van der Waals surface area contributed by atoms with Gasteiger partial charge in [-0.05, 0) is 61.1 Å². The summed E-state index contributed by atoms with van der Waals surface area (Å²) in [6.45, 7) is 4.56. The molecule has 2 amide bonds. The third-order valence-electron chi connectivity index (χ3n) is 6.34. The van der Waals surface area contributed by atoms with Crippen molar-refractivity contribution < 1.29 is 9.53 Å². The van der Waals surface area contributed by atoms with Gasteiger partial charge in [-0.2, -0.15) is 0 Å². The molecule has 5 rings (SSSR count). The van der Waals surface area contributed by atoms with Crippen molar-refractivity contribution in [2.75, 3.05) is 27.2 Å². The number of hydrogen-bond acceptors (Lipinski definition) is 4. The number of pyridine rings is 1. The Morgan fingerprint density at radius 3 is 2.89 bits per heavy atom. The quantitative estimate of drug-likeness (QED) is 0.871. The number of amides is 2. The minimum Gasteiger partial charge on any atom is -0.497 e. The monoisotopic (exact) mass is 368 g/mol. The molecule has 2 aromatic rings. The largest absolute Gasteiger partial charge is 0.497 e. The van der Waals surface area contributed by atoms with Crippen LogP contribution >= 0.6 is 0 Å². The lowest BCUT2D eigenvalue weighted by Gasteiger charge is -2.51. The zero-order valence-electron chi connectivity index (χ0n) is 16.2. The van der Waals surface area contributed by atoms with Crippen molar-refractivity contribution in [2.24, 2.45) is 11.8 Å². The molecule has 3 fully saturated rings. The van der Waals surface area contributed by atoms with Gasteiger partial charge in [-0.15, -0.1) is 0 Å². The fourth-order valence-electron chi connectivity index (χ4n) is 4.82. The lowest BCUT2D eigenvalue weighted by Crippen LogP contribution is -2.57. The number of hydrogen-bond donors (Lipinski definition) is 2. The average Bonchev–Trinajstić information content (AvgIpc) is 2.71. The van der Waals surface area contributed by atoms with E-state index in [-0.39, 0.29) is 12.1 Å². The Kier molecular flexibility index (Phi) is 4.91. The third kappa shape index (κ3) is 3.34. The van der Waals surface area contributed by atoms with Crippen LogP contribution in [0.15, 0.2) is 30.5 Å². The van der Waals surface area contributed by atoms with Crippen molar-refractivity contribution in [2.45, 2.75) is 31.8 Å². The normalized spacial score (nSPS) is 28.0. The number of methoxy groups -OCH3 is 1. The van der Waals surface area contributed by atoms with E-state index < -0.39 is 0 Å². The van der Waals surface area contributed by atoms with Crippen LogP contribution < -0.4 is 15.4 Å². The first-order valence-corrected chi connectivity index (χ1v) is 9.75. The highest BCUT2D eigenvalue weighted by Crippen LogP contribution is 2.41. The van der Waals surface area contributed by atoms with Gasteiger partial charge in [0.05, 0.1) is 18.7 Å². The minimum absolute atomic E-state index is 0.0853. The highest BCUT2D eigenvalue weighted by Gasteiger charge is 2.42. The number of benzene rings is 1.